The van der Waals surface area contributed by atoms with Crippen LogP contribution >= 0.6 is 0 Å². The first-order valence-corrected chi connectivity index (χ1v) is 13.5. The van der Waals surface area contributed by atoms with E-state index in [0.717, 1.165) is 17.7 Å². The van der Waals surface area contributed by atoms with Crippen molar-refractivity contribution in [3.63, 3.8) is 0 Å². The lowest BCUT2D eigenvalue weighted by molar-refractivity contribution is -0.137. The van der Waals surface area contributed by atoms with Crippen LogP contribution < -0.4 is 14.8 Å². The highest BCUT2D eigenvalue weighted by atomic mass is 19.4. The van der Waals surface area contributed by atoms with Gasteiger partial charge in [0, 0.05) is 28.7 Å². The van der Waals surface area contributed by atoms with Crippen LogP contribution in [0.5, 0.6) is 17.2 Å². The second-order valence-electron chi connectivity index (χ2n) is 9.79. The van der Waals surface area contributed by atoms with E-state index in [2.05, 4.69) is 16.4 Å². The third-order valence-corrected chi connectivity index (χ3v) is 6.86. The molecule has 43 heavy (non-hydrogen) atoms. The Hall–Kier alpha value is -5.30. The highest BCUT2D eigenvalue weighted by Crippen LogP contribution is 2.42. The van der Waals surface area contributed by atoms with Crippen LogP contribution in [0.1, 0.15) is 52.7 Å². The van der Waals surface area contributed by atoms with Gasteiger partial charge in [0.2, 0.25) is 0 Å². The van der Waals surface area contributed by atoms with Crippen molar-refractivity contribution in [2.45, 2.75) is 31.9 Å². The molecule has 7 nitrogen and oxygen atoms in total. The molecule has 1 amide bonds. The summed E-state index contributed by atoms with van der Waals surface area (Å²) in [6, 6.07) is 21.1. The summed E-state index contributed by atoms with van der Waals surface area (Å²) in [5.41, 5.74) is 1.02. The summed E-state index contributed by atoms with van der Waals surface area (Å²) in [4.78, 5) is 17.2. The van der Waals surface area contributed by atoms with Gasteiger partial charge in [-0.2, -0.15) is 18.4 Å². The van der Waals surface area contributed by atoms with Crippen LogP contribution in [0.25, 0.3) is 11.3 Å². The average Bonchev–Trinajstić information content (AvgIpc) is 3.00. The molecular formula is C33H26F3N3O4. The number of halogens is 3. The number of ether oxygens (including phenoxy) is 2. The average molecular weight is 586 g/mol. The molecule has 0 saturated carbocycles. The van der Waals surface area contributed by atoms with E-state index in [4.69, 9.17) is 9.47 Å². The van der Waals surface area contributed by atoms with Gasteiger partial charge in [-0.15, -0.1) is 0 Å². The normalized spacial score (nSPS) is 14.7. The number of carbonyl (C=O) groups is 1. The number of anilines is 1. The van der Waals surface area contributed by atoms with Crippen LogP contribution in [0.4, 0.5) is 19.0 Å². The lowest BCUT2D eigenvalue weighted by Gasteiger charge is -2.26. The number of nitrogens with zero attached hydrogens (tertiary/aromatic N) is 2. The van der Waals surface area contributed by atoms with Crippen molar-refractivity contribution in [2.24, 2.45) is 0 Å². The minimum atomic E-state index is -4.49. The summed E-state index contributed by atoms with van der Waals surface area (Å²) < 4.78 is 51.1. The Bertz CT molecular complexity index is 1730. The molecule has 1 unspecified atom stereocenters. The molecular weight excluding hydrogens is 559 g/mol. The number of pyridine rings is 1. The van der Waals surface area contributed by atoms with E-state index in [1.807, 2.05) is 6.92 Å². The first-order chi connectivity index (χ1) is 20.7. The van der Waals surface area contributed by atoms with E-state index in [9.17, 15) is 28.3 Å². The standard InChI is InChI=1S/C33H26F3N3O4/c1-2-5-28(40)25-14-15-42-30-18-29(22(19-37)17-26(25)30)43-24-12-10-20(11-13-24)32(41)39-31-9-4-8-27(38-31)21-6-3-7-23(16-21)33(34,35)36/h3-13,16-18,25,40H,2,14-15H2,1H3,(H,38,39,41)/b28-5+. The van der Waals surface area contributed by atoms with Gasteiger partial charge in [-0.1, -0.05) is 25.1 Å². The van der Waals surface area contributed by atoms with Crippen LogP contribution in [0, 0.1) is 11.3 Å². The van der Waals surface area contributed by atoms with E-state index in [-0.39, 0.29) is 45.6 Å². The molecule has 3 aromatic carbocycles. The second kappa shape index (κ2) is 12.3. The molecule has 10 heteroatoms. The Morgan fingerprint density at radius 3 is 2.63 bits per heavy atom. The minimum Gasteiger partial charge on any atom is -0.512 e. The summed E-state index contributed by atoms with van der Waals surface area (Å²) in [5.74, 6) is 0.848. The largest absolute Gasteiger partial charge is 0.512 e. The summed E-state index contributed by atoms with van der Waals surface area (Å²) in [6.45, 7) is 2.34. The lowest BCUT2D eigenvalue weighted by Crippen LogP contribution is -2.16. The van der Waals surface area contributed by atoms with Gasteiger partial charge in [0.25, 0.3) is 5.91 Å². The van der Waals surface area contributed by atoms with Crippen molar-refractivity contribution >= 4 is 11.7 Å². The van der Waals surface area contributed by atoms with Crippen LogP contribution in [0.15, 0.2) is 90.7 Å². The van der Waals surface area contributed by atoms with E-state index >= 15 is 0 Å². The fourth-order valence-corrected chi connectivity index (χ4v) is 4.76. The third-order valence-electron chi connectivity index (χ3n) is 6.86. The predicted octanol–water partition coefficient (Wildman–Crippen LogP) is 8.40. The number of hydrogen-bond donors (Lipinski definition) is 2. The zero-order valence-corrected chi connectivity index (χ0v) is 23.0. The zero-order valence-electron chi connectivity index (χ0n) is 23.0. The van der Waals surface area contributed by atoms with Gasteiger partial charge in [-0.25, -0.2) is 4.98 Å². The molecule has 1 aliphatic rings. The molecule has 2 heterocycles. The first-order valence-electron chi connectivity index (χ1n) is 13.5. The van der Waals surface area contributed by atoms with E-state index in [1.54, 1.807) is 42.5 Å². The topological polar surface area (TPSA) is 104 Å². The summed E-state index contributed by atoms with van der Waals surface area (Å²) in [6.07, 6.45) is -1.46. The van der Waals surface area contributed by atoms with Crippen molar-refractivity contribution in [2.75, 3.05) is 11.9 Å². The van der Waals surface area contributed by atoms with Gasteiger partial charge < -0.3 is 19.9 Å². The number of rotatable bonds is 7. The number of fused-ring (bicyclic) bond motifs is 1. The highest BCUT2D eigenvalue weighted by Gasteiger charge is 2.30. The van der Waals surface area contributed by atoms with Crippen molar-refractivity contribution in [1.29, 1.82) is 5.26 Å². The number of aromatic nitrogens is 1. The minimum absolute atomic E-state index is 0.172. The van der Waals surface area contributed by atoms with Crippen molar-refractivity contribution < 1.29 is 32.5 Å². The van der Waals surface area contributed by atoms with Gasteiger partial charge in [-0.05, 0) is 73.5 Å². The van der Waals surface area contributed by atoms with Crippen LogP contribution in [-0.2, 0) is 6.18 Å². The second-order valence-corrected chi connectivity index (χ2v) is 9.79. The van der Waals surface area contributed by atoms with Gasteiger partial charge in [0.15, 0.2) is 0 Å². The monoisotopic (exact) mass is 585 g/mol. The lowest BCUT2D eigenvalue weighted by atomic mass is 9.89. The number of benzene rings is 3. The van der Waals surface area contributed by atoms with E-state index in [1.165, 1.54) is 30.3 Å². The Morgan fingerprint density at radius 2 is 1.91 bits per heavy atom. The Morgan fingerprint density at radius 1 is 1.14 bits per heavy atom. The molecule has 1 atom stereocenters. The number of alkyl halides is 3. The predicted molar refractivity (Wildman–Crippen MR) is 154 cm³/mol. The van der Waals surface area contributed by atoms with Gasteiger partial charge >= 0.3 is 6.18 Å². The fourth-order valence-electron chi connectivity index (χ4n) is 4.76. The number of allylic oxidation sites excluding steroid dienone is 2. The van der Waals surface area contributed by atoms with Crippen molar-refractivity contribution in [1.82, 2.24) is 4.98 Å². The number of nitrogens with one attached hydrogen (secondary N) is 1. The van der Waals surface area contributed by atoms with Crippen LogP contribution in [-0.4, -0.2) is 22.6 Å². The molecule has 0 bridgehead atoms. The molecule has 0 aliphatic carbocycles. The van der Waals surface area contributed by atoms with Crippen LogP contribution in [0.3, 0.4) is 0 Å². The maximum Gasteiger partial charge on any atom is 0.416 e. The molecule has 0 saturated heterocycles. The molecule has 5 rings (SSSR count). The molecule has 1 aromatic heterocycles. The smallest absolute Gasteiger partial charge is 0.416 e. The Kier molecular flexibility index (Phi) is 8.34. The Balaban J connectivity index is 1.30. The summed E-state index contributed by atoms with van der Waals surface area (Å²) >= 11 is 0. The van der Waals surface area contributed by atoms with Gasteiger partial charge in [0.1, 0.15) is 29.1 Å². The first kappa shape index (κ1) is 29.2. The fraction of sp³-hybridized carbons (Fsp3) is 0.182. The molecule has 0 fully saturated rings. The molecule has 4 aromatic rings. The molecule has 0 radical (unpaired) electrons. The van der Waals surface area contributed by atoms with Crippen molar-refractivity contribution in [3.8, 4) is 34.6 Å². The van der Waals surface area contributed by atoms with E-state index in [0.29, 0.717) is 30.9 Å². The Labute approximate surface area is 245 Å². The number of nitriles is 1. The SMILES string of the molecule is CC/C=C(/O)C1CCOc2cc(Oc3ccc(C(=O)Nc4cccc(-c5cccc(C(F)(F)F)c5)n4)cc3)c(C#N)cc21. The molecule has 218 valence electrons. The number of amides is 1. The molecule has 0 spiro atoms. The summed E-state index contributed by atoms with van der Waals surface area (Å²) in [7, 11) is 0. The maximum absolute atomic E-state index is 13.1. The van der Waals surface area contributed by atoms with Gasteiger partial charge in [0.05, 0.1) is 29.2 Å². The quantitative estimate of drug-likeness (QED) is 0.211. The summed E-state index contributed by atoms with van der Waals surface area (Å²) in [5, 5.41) is 22.9. The third kappa shape index (κ3) is 6.62. The van der Waals surface area contributed by atoms with Gasteiger partial charge in [-0.3, -0.25) is 4.79 Å². The number of aliphatic hydroxyl groups is 1. The number of carbonyl (C=O) groups excluding carboxylic acids is 1. The maximum atomic E-state index is 13.1. The number of aliphatic hydroxyl groups excluding tert-OH is 1. The zero-order chi connectivity index (χ0) is 30.6. The van der Waals surface area contributed by atoms with Crippen molar-refractivity contribution in [3.05, 3.63) is 113 Å². The highest BCUT2D eigenvalue weighted by molar-refractivity contribution is 6.03. The number of hydrogen-bond acceptors (Lipinski definition) is 6. The molecule has 1 aliphatic heterocycles. The van der Waals surface area contributed by atoms with E-state index < -0.39 is 17.6 Å². The van der Waals surface area contributed by atoms with Crippen LogP contribution in [0.2, 0.25) is 0 Å². The molecule has 2 N–H and O–H groups in total.